The number of hydrogen-bond acceptors (Lipinski definition) is 4. The Labute approximate surface area is 119 Å². The van der Waals surface area contributed by atoms with E-state index in [-0.39, 0.29) is 23.6 Å². The van der Waals surface area contributed by atoms with Crippen LogP contribution in [0.5, 0.6) is 0 Å². The summed E-state index contributed by atoms with van der Waals surface area (Å²) in [5.74, 6) is -0.0246. The van der Waals surface area contributed by atoms with Gasteiger partial charge in [-0.15, -0.1) is 0 Å². The highest BCUT2D eigenvalue weighted by Gasteiger charge is 2.34. The van der Waals surface area contributed by atoms with Crippen molar-refractivity contribution in [3.05, 3.63) is 0 Å². The zero-order valence-corrected chi connectivity index (χ0v) is 11.9. The molecule has 1 aliphatic carbocycles. The number of nitrogens with two attached hydrogens (primary N) is 1. The van der Waals surface area contributed by atoms with Crippen LogP contribution in [0.15, 0.2) is 0 Å². The lowest BCUT2D eigenvalue weighted by molar-refractivity contribution is -0.149. The molecule has 112 valence electrons. The Bertz CT molecular complexity index is 402. The van der Waals surface area contributed by atoms with Crippen molar-refractivity contribution in [2.24, 2.45) is 17.6 Å². The Morgan fingerprint density at radius 2 is 1.90 bits per heavy atom. The molecule has 0 aromatic rings. The fraction of sp³-hybridized carbons (Fsp3) is 0.786. The Balaban J connectivity index is 1.86. The van der Waals surface area contributed by atoms with Crippen LogP contribution < -0.4 is 11.1 Å². The number of piperidine rings is 1. The second-order valence-corrected chi connectivity index (χ2v) is 5.84. The fourth-order valence-corrected chi connectivity index (χ4v) is 3.00. The number of carbonyl (C=O) groups is 3. The molecule has 0 spiro atoms. The van der Waals surface area contributed by atoms with Gasteiger partial charge in [-0.3, -0.25) is 19.3 Å². The maximum Gasteiger partial charge on any atom is 0.251 e. The lowest BCUT2D eigenvalue weighted by Crippen LogP contribution is -2.54. The van der Waals surface area contributed by atoms with E-state index in [2.05, 4.69) is 5.32 Å². The summed E-state index contributed by atoms with van der Waals surface area (Å²) < 4.78 is 0. The summed E-state index contributed by atoms with van der Waals surface area (Å²) in [5.41, 5.74) is 5.64. The second kappa shape index (κ2) is 6.35. The highest BCUT2D eigenvalue weighted by Crippen LogP contribution is 2.28. The van der Waals surface area contributed by atoms with E-state index in [1.807, 2.05) is 0 Å². The topological polar surface area (TPSA) is 92.5 Å². The number of carbonyl (C=O) groups excluding carboxylic acids is 3. The van der Waals surface area contributed by atoms with E-state index in [0.717, 1.165) is 30.6 Å². The first-order valence-corrected chi connectivity index (χ1v) is 7.33. The van der Waals surface area contributed by atoms with Gasteiger partial charge < -0.3 is 11.1 Å². The van der Waals surface area contributed by atoms with Crippen molar-refractivity contribution >= 4 is 17.7 Å². The molecule has 0 radical (unpaired) electrons. The highest BCUT2D eigenvalue weighted by molar-refractivity contribution is 6.01. The minimum absolute atomic E-state index is 0.0199. The molecular formula is C14H23N3O3. The molecule has 0 bridgehead atoms. The van der Waals surface area contributed by atoms with Gasteiger partial charge in [-0.25, -0.2) is 0 Å². The second-order valence-electron chi connectivity index (χ2n) is 5.84. The predicted octanol–water partition coefficient (Wildman–Crippen LogP) is 0.0151. The lowest BCUT2D eigenvalue weighted by atomic mass is 9.81. The van der Waals surface area contributed by atoms with Gasteiger partial charge in [-0.1, -0.05) is 0 Å². The summed E-state index contributed by atoms with van der Waals surface area (Å²) in [7, 11) is 1.47. The maximum absolute atomic E-state index is 12.2. The van der Waals surface area contributed by atoms with Crippen LogP contribution in [0.1, 0.15) is 38.5 Å². The molecule has 1 atom stereocenters. The number of hydrogen-bond donors (Lipinski definition) is 2. The molecule has 6 nitrogen and oxygen atoms in total. The lowest BCUT2D eigenvalue weighted by Gasteiger charge is -2.31. The van der Waals surface area contributed by atoms with Crippen molar-refractivity contribution in [2.45, 2.75) is 44.6 Å². The van der Waals surface area contributed by atoms with E-state index in [1.54, 1.807) is 0 Å². The summed E-state index contributed by atoms with van der Waals surface area (Å²) in [6.45, 7) is 0.683. The van der Waals surface area contributed by atoms with E-state index in [9.17, 15) is 14.4 Å². The number of imide groups is 1. The third kappa shape index (κ3) is 3.17. The molecule has 1 heterocycles. The van der Waals surface area contributed by atoms with Gasteiger partial charge in [-0.2, -0.15) is 0 Å². The van der Waals surface area contributed by atoms with Gasteiger partial charge in [0.2, 0.25) is 11.8 Å². The first-order valence-electron chi connectivity index (χ1n) is 7.33. The number of likely N-dealkylation sites (tertiary alicyclic amines) is 1. The standard InChI is InChI=1S/C14H23N3O3/c1-17-12(18)7-6-11(14(17)20)16-13(19)10-4-2-9(8-15)3-5-10/h9-11H,2-8,15H2,1H3,(H,16,19). The SMILES string of the molecule is CN1C(=O)CCC(NC(=O)C2CCC(CN)CC2)C1=O. The molecule has 0 aromatic heterocycles. The van der Waals surface area contributed by atoms with Crippen molar-refractivity contribution in [1.82, 2.24) is 10.2 Å². The molecule has 3 amide bonds. The fourth-order valence-electron chi connectivity index (χ4n) is 3.00. The first-order chi connectivity index (χ1) is 9.52. The number of amides is 3. The van der Waals surface area contributed by atoms with Crippen LogP contribution in [-0.2, 0) is 14.4 Å². The molecule has 6 heteroatoms. The van der Waals surface area contributed by atoms with Gasteiger partial charge in [0.05, 0.1) is 0 Å². The summed E-state index contributed by atoms with van der Waals surface area (Å²) in [6.07, 6.45) is 4.35. The molecule has 1 aliphatic heterocycles. The summed E-state index contributed by atoms with van der Waals surface area (Å²) in [4.78, 5) is 36.6. The highest BCUT2D eigenvalue weighted by atomic mass is 16.2. The zero-order valence-electron chi connectivity index (χ0n) is 11.9. The van der Waals surface area contributed by atoms with E-state index in [0.29, 0.717) is 25.3 Å². The van der Waals surface area contributed by atoms with Crippen molar-refractivity contribution < 1.29 is 14.4 Å². The number of likely N-dealkylation sites (N-methyl/N-ethyl adjacent to an activating group) is 1. The van der Waals surface area contributed by atoms with E-state index in [1.165, 1.54) is 7.05 Å². The normalized spacial score (nSPS) is 31.3. The molecule has 3 N–H and O–H groups in total. The van der Waals surface area contributed by atoms with Gasteiger partial charge in [0.1, 0.15) is 6.04 Å². The van der Waals surface area contributed by atoms with Gasteiger partial charge in [-0.05, 0) is 44.6 Å². The molecule has 2 rings (SSSR count). The Morgan fingerprint density at radius 3 is 2.50 bits per heavy atom. The summed E-state index contributed by atoms with van der Waals surface area (Å²) in [6, 6.07) is -0.544. The quantitative estimate of drug-likeness (QED) is 0.713. The smallest absolute Gasteiger partial charge is 0.251 e. The molecule has 20 heavy (non-hydrogen) atoms. The third-order valence-electron chi connectivity index (χ3n) is 4.52. The Hall–Kier alpha value is -1.43. The minimum atomic E-state index is -0.544. The van der Waals surface area contributed by atoms with Crippen LogP contribution in [0.2, 0.25) is 0 Å². The van der Waals surface area contributed by atoms with Crippen LogP contribution in [-0.4, -0.2) is 42.3 Å². The van der Waals surface area contributed by atoms with Crippen molar-refractivity contribution in [3.8, 4) is 0 Å². The van der Waals surface area contributed by atoms with Gasteiger partial charge in [0, 0.05) is 19.4 Å². The van der Waals surface area contributed by atoms with Crippen molar-refractivity contribution in [1.29, 1.82) is 0 Å². The van der Waals surface area contributed by atoms with Gasteiger partial charge in [0.25, 0.3) is 5.91 Å². The van der Waals surface area contributed by atoms with E-state index < -0.39 is 6.04 Å². The maximum atomic E-state index is 12.2. The Kier molecular flexibility index (Phi) is 4.75. The average molecular weight is 281 g/mol. The van der Waals surface area contributed by atoms with Crippen LogP contribution in [0.3, 0.4) is 0 Å². The van der Waals surface area contributed by atoms with Gasteiger partial charge >= 0.3 is 0 Å². The minimum Gasteiger partial charge on any atom is -0.344 e. The van der Waals surface area contributed by atoms with Crippen LogP contribution in [0.25, 0.3) is 0 Å². The molecule has 0 aromatic carbocycles. The first kappa shape index (κ1) is 15.0. The van der Waals surface area contributed by atoms with Crippen LogP contribution >= 0.6 is 0 Å². The third-order valence-corrected chi connectivity index (χ3v) is 4.52. The summed E-state index contributed by atoms with van der Waals surface area (Å²) >= 11 is 0. The van der Waals surface area contributed by atoms with E-state index in [4.69, 9.17) is 5.73 Å². The molecule has 1 saturated heterocycles. The number of rotatable bonds is 3. The van der Waals surface area contributed by atoms with E-state index >= 15 is 0 Å². The predicted molar refractivity (Wildman–Crippen MR) is 73.4 cm³/mol. The molecular weight excluding hydrogens is 258 g/mol. The average Bonchev–Trinajstić information content (AvgIpc) is 2.48. The Morgan fingerprint density at radius 1 is 1.25 bits per heavy atom. The van der Waals surface area contributed by atoms with Crippen LogP contribution in [0.4, 0.5) is 0 Å². The largest absolute Gasteiger partial charge is 0.344 e. The van der Waals surface area contributed by atoms with Gasteiger partial charge in [0.15, 0.2) is 0 Å². The number of nitrogens with zero attached hydrogens (tertiary/aromatic N) is 1. The molecule has 2 fully saturated rings. The van der Waals surface area contributed by atoms with Crippen molar-refractivity contribution in [3.63, 3.8) is 0 Å². The van der Waals surface area contributed by atoms with Crippen LogP contribution in [0, 0.1) is 11.8 Å². The summed E-state index contributed by atoms with van der Waals surface area (Å²) in [5, 5.41) is 2.81. The number of nitrogens with one attached hydrogen (secondary N) is 1. The molecule has 1 saturated carbocycles. The molecule has 1 unspecified atom stereocenters. The monoisotopic (exact) mass is 281 g/mol. The molecule has 2 aliphatic rings. The zero-order chi connectivity index (χ0) is 14.7. The van der Waals surface area contributed by atoms with Crippen molar-refractivity contribution in [2.75, 3.05) is 13.6 Å².